The van der Waals surface area contributed by atoms with Gasteiger partial charge < -0.3 is 4.90 Å². The first kappa shape index (κ1) is 26.5. The second-order valence-corrected chi connectivity index (χ2v) is 9.08. The third-order valence-corrected chi connectivity index (χ3v) is 6.25. The largest absolute Gasteiger partial charge is 0.372 e. The topological polar surface area (TPSA) is 31.4 Å². The molecule has 3 aromatic rings. The van der Waals surface area contributed by atoms with E-state index in [0.29, 0.717) is 11.3 Å². The van der Waals surface area contributed by atoms with Crippen LogP contribution in [0.15, 0.2) is 72.8 Å². The molecule has 182 valence electrons. The van der Waals surface area contributed by atoms with Crippen LogP contribution in [0.3, 0.4) is 0 Å². The Bertz CT molecular complexity index is 1240. The standard InChI is InChI=1S/C33H35N3/c1-5-7-21-36(22-8-6-2)32-19-13-27(14-20-32)23-31(25-34)29-15-17-30(18-16-29)33(35-4)24-28-11-9-26(3)10-12-28/h9-20,23-24H,5-8,21-22H2,1-3H3/b31-23+,33-24-. The molecule has 0 fully saturated rings. The summed E-state index contributed by atoms with van der Waals surface area (Å²) in [5, 5.41) is 9.83. The minimum atomic E-state index is 0.583. The fourth-order valence-corrected chi connectivity index (χ4v) is 4.02. The molecule has 3 aromatic carbocycles. The molecule has 3 rings (SSSR count). The zero-order chi connectivity index (χ0) is 25.8. The van der Waals surface area contributed by atoms with Gasteiger partial charge in [0.05, 0.1) is 18.2 Å². The molecule has 0 aliphatic carbocycles. The summed E-state index contributed by atoms with van der Waals surface area (Å²) in [4.78, 5) is 6.19. The molecule has 0 saturated heterocycles. The van der Waals surface area contributed by atoms with Crippen molar-refractivity contribution >= 4 is 29.1 Å². The molecule has 0 unspecified atom stereocenters. The molecule has 0 aliphatic rings. The molecule has 0 heterocycles. The third kappa shape index (κ3) is 7.46. The molecule has 0 aromatic heterocycles. The van der Waals surface area contributed by atoms with Crippen molar-refractivity contribution in [1.29, 1.82) is 5.26 Å². The number of anilines is 1. The molecule has 0 saturated carbocycles. The van der Waals surface area contributed by atoms with E-state index in [-0.39, 0.29) is 0 Å². The average molecular weight is 474 g/mol. The number of allylic oxidation sites excluding steroid dienone is 1. The van der Waals surface area contributed by atoms with Crippen molar-refractivity contribution in [3.05, 3.63) is 112 Å². The van der Waals surface area contributed by atoms with Gasteiger partial charge in [-0.25, -0.2) is 4.85 Å². The fourth-order valence-electron chi connectivity index (χ4n) is 4.02. The van der Waals surface area contributed by atoms with E-state index in [4.69, 9.17) is 6.57 Å². The van der Waals surface area contributed by atoms with Crippen LogP contribution in [-0.4, -0.2) is 13.1 Å². The Morgan fingerprint density at radius 1 is 0.806 bits per heavy atom. The quantitative estimate of drug-likeness (QED) is 0.158. The van der Waals surface area contributed by atoms with Gasteiger partial charge in [-0.05, 0) is 66.3 Å². The van der Waals surface area contributed by atoms with E-state index in [1.165, 1.54) is 36.9 Å². The lowest BCUT2D eigenvalue weighted by atomic mass is 10.0. The first-order valence-electron chi connectivity index (χ1n) is 12.8. The van der Waals surface area contributed by atoms with Gasteiger partial charge in [0.2, 0.25) is 0 Å². The average Bonchev–Trinajstić information content (AvgIpc) is 2.92. The van der Waals surface area contributed by atoms with Gasteiger partial charge in [-0.2, -0.15) is 5.26 Å². The highest BCUT2D eigenvalue weighted by atomic mass is 15.1. The van der Waals surface area contributed by atoms with Gasteiger partial charge in [-0.1, -0.05) is 92.9 Å². The van der Waals surface area contributed by atoms with E-state index in [1.54, 1.807) is 0 Å². The van der Waals surface area contributed by atoms with Gasteiger partial charge >= 0.3 is 0 Å². The molecule has 0 N–H and O–H groups in total. The van der Waals surface area contributed by atoms with E-state index in [2.05, 4.69) is 53.9 Å². The highest BCUT2D eigenvalue weighted by Gasteiger charge is 2.08. The highest BCUT2D eigenvalue weighted by molar-refractivity contribution is 5.91. The monoisotopic (exact) mass is 473 g/mol. The van der Waals surface area contributed by atoms with Crippen molar-refractivity contribution in [3.8, 4) is 6.07 Å². The molecule has 0 aliphatic heterocycles. The van der Waals surface area contributed by atoms with Gasteiger partial charge in [-0.15, -0.1) is 0 Å². The first-order valence-corrected chi connectivity index (χ1v) is 12.8. The normalized spacial score (nSPS) is 11.6. The maximum Gasteiger partial charge on any atom is 0.194 e. The van der Waals surface area contributed by atoms with Crippen LogP contribution in [0.4, 0.5) is 5.69 Å². The van der Waals surface area contributed by atoms with Crippen LogP contribution in [0.25, 0.3) is 28.3 Å². The second kappa shape index (κ2) is 13.7. The number of nitrogens with zero attached hydrogens (tertiary/aromatic N) is 3. The molecule has 0 atom stereocenters. The van der Waals surface area contributed by atoms with Crippen molar-refractivity contribution < 1.29 is 0 Å². The molecule has 0 bridgehead atoms. The molecule has 0 spiro atoms. The number of nitriles is 1. The van der Waals surface area contributed by atoms with Crippen molar-refractivity contribution in [3.63, 3.8) is 0 Å². The Morgan fingerprint density at radius 2 is 1.33 bits per heavy atom. The van der Waals surface area contributed by atoms with E-state index in [1.807, 2.05) is 67.6 Å². The number of hydrogen-bond donors (Lipinski definition) is 0. The van der Waals surface area contributed by atoms with E-state index in [9.17, 15) is 5.26 Å². The Balaban J connectivity index is 1.79. The first-order chi connectivity index (χ1) is 17.6. The number of hydrogen-bond acceptors (Lipinski definition) is 2. The maximum atomic E-state index is 9.83. The van der Waals surface area contributed by atoms with Gasteiger partial charge in [0.1, 0.15) is 0 Å². The summed E-state index contributed by atoms with van der Waals surface area (Å²) in [7, 11) is 0. The van der Waals surface area contributed by atoms with Crippen molar-refractivity contribution in [2.45, 2.75) is 46.5 Å². The van der Waals surface area contributed by atoms with Crippen LogP contribution < -0.4 is 4.90 Å². The van der Waals surface area contributed by atoms with E-state index < -0.39 is 0 Å². The molecular weight excluding hydrogens is 438 g/mol. The van der Waals surface area contributed by atoms with Crippen molar-refractivity contribution in [1.82, 2.24) is 0 Å². The highest BCUT2D eigenvalue weighted by Crippen LogP contribution is 2.25. The molecule has 3 heteroatoms. The van der Waals surface area contributed by atoms with Crippen molar-refractivity contribution in [2.24, 2.45) is 0 Å². The molecular formula is C33H35N3. The summed E-state index contributed by atoms with van der Waals surface area (Å²) in [5.74, 6) is 0. The van der Waals surface area contributed by atoms with Crippen LogP contribution >= 0.6 is 0 Å². The summed E-state index contributed by atoms with van der Waals surface area (Å²) in [6, 6.07) is 26.6. The van der Waals surface area contributed by atoms with Gasteiger partial charge in [0, 0.05) is 18.8 Å². The SMILES string of the molecule is [C-]#[N+]/C(=C\c1ccc(C)cc1)c1ccc(/C(C#N)=C/c2ccc(N(CCCC)CCCC)cc2)cc1. The molecule has 3 nitrogen and oxygen atoms in total. The minimum absolute atomic E-state index is 0.583. The smallest absolute Gasteiger partial charge is 0.194 e. The lowest BCUT2D eigenvalue weighted by Gasteiger charge is -2.24. The van der Waals surface area contributed by atoms with Crippen molar-refractivity contribution in [2.75, 3.05) is 18.0 Å². The Hall–Kier alpha value is -4.08. The number of aryl methyl sites for hydroxylation is 1. The Kier molecular flexibility index (Phi) is 10.1. The van der Waals surface area contributed by atoms with Crippen LogP contribution in [0.2, 0.25) is 0 Å². The van der Waals surface area contributed by atoms with Crippen LogP contribution in [-0.2, 0) is 0 Å². The Morgan fingerprint density at radius 3 is 1.86 bits per heavy atom. The lowest BCUT2D eigenvalue weighted by Crippen LogP contribution is -2.25. The lowest BCUT2D eigenvalue weighted by molar-refractivity contribution is 0.678. The zero-order valence-electron chi connectivity index (χ0n) is 21.7. The second-order valence-electron chi connectivity index (χ2n) is 9.08. The van der Waals surface area contributed by atoms with Crippen LogP contribution in [0.1, 0.15) is 67.3 Å². The predicted molar refractivity (Wildman–Crippen MR) is 154 cm³/mol. The molecule has 0 radical (unpaired) electrons. The third-order valence-electron chi connectivity index (χ3n) is 6.25. The minimum Gasteiger partial charge on any atom is -0.372 e. The van der Waals surface area contributed by atoms with Gasteiger partial charge in [0.25, 0.3) is 0 Å². The molecule has 0 amide bonds. The number of unbranched alkanes of at least 4 members (excludes halogenated alkanes) is 2. The van der Waals surface area contributed by atoms with Crippen LogP contribution in [0.5, 0.6) is 0 Å². The van der Waals surface area contributed by atoms with E-state index >= 15 is 0 Å². The summed E-state index contributed by atoms with van der Waals surface area (Å²) in [6.45, 7) is 16.3. The summed E-state index contributed by atoms with van der Waals surface area (Å²) in [6.07, 6.45) is 8.58. The Labute approximate surface area is 216 Å². The summed E-state index contributed by atoms with van der Waals surface area (Å²) in [5.41, 5.74) is 7.31. The van der Waals surface area contributed by atoms with Gasteiger partial charge in [-0.3, -0.25) is 0 Å². The predicted octanol–water partition coefficient (Wildman–Crippen LogP) is 8.88. The van der Waals surface area contributed by atoms with E-state index in [0.717, 1.165) is 35.3 Å². The zero-order valence-corrected chi connectivity index (χ0v) is 21.7. The molecule has 36 heavy (non-hydrogen) atoms. The fraction of sp³-hybridized carbons (Fsp3) is 0.273. The summed E-state index contributed by atoms with van der Waals surface area (Å²) >= 11 is 0. The number of rotatable bonds is 11. The summed E-state index contributed by atoms with van der Waals surface area (Å²) < 4.78 is 0. The van der Waals surface area contributed by atoms with Gasteiger partial charge in [0.15, 0.2) is 5.70 Å². The number of benzene rings is 3. The maximum absolute atomic E-state index is 9.83. The van der Waals surface area contributed by atoms with Crippen LogP contribution in [0, 0.1) is 24.8 Å².